The summed E-state index contributed by atoms with van der Waals surface area (Å²) in [5.74, 6) is 0.827. The maximum Gasteiger partial charge on any atom is 0.274 e. The van der Waals surface area contributed by atoms with E-state index in [9.17, 15) is 4.79 Å². The Morgan fingerprint density at radius 1 is 1.28 bits per heavy atom. The van der Waals surface area contributed by atoms with E-state index in [1.165, 1.54) is 0 Å². The van der Waals surface area contributed by atoms with Crippen molar-refractivity contribution in [3.8, 4) is 11.4 Å². The summed E-state index contributed by atoms with van der Waals surface area (Å²) in [5, 5.41) is 7.86. The van der Waals surface area contributed by atoms with Crippen LogP contribution < -0.4 is 10.1 Å². The Labute approximate surface area is 148 Å². The first-order chi connectivity index (χ1) is 12.2. The van der Waals surface area contributed by atoms with Crippen LogP contribution in [-0.2, 0) is 0 Å². The molecule has 1 aliphatic heterocycles. The van der Waals surface area contributed by atoms with Crippen molar-refractivity contribution in [3.63, 3.8) is 0 Å². The number of hydrogen-bond donors (Lipinski definition) is 1. The zero-order valence-corrected chi connectivity index (χ0v) is 14.9. The second kappa shape index (κ2) is 8.16. The van der Waals surface area contributed by atoms with Crippen LogP contribution in [0.5, 0.6) is 5.75 Å². The SMILES string of the molecule is CCCN(C(=O)c1ccn(-c2ccc(OC)cc2)n1)C1CCNCC1. The highest BCUT2D eigenvalue weighted by atomic mass is 16.5. The van der Waals surface area contributed by atoms with Gasteiger partial charge >= 0.3 is 0 Å². The molecule has 2 aromatic rings. The van der Waals surface area contributed by atoms with E-state index < -0.39 is 0 Å². The average Bonchev–Trinajstić information content (AvgIpc) is 3.16. The Morgan fingerprint density at radius 3 is 2.64 bits per heavy atom. The highest BCUT2D eigenvalue weighted by Gasteiger charge is 2.26. The van der Waals surface area contributed by atoms with Gasteiger partial charge in [0.2, 0.25) is 0 Å². The third-order valence-corrected chi connectivity index (χ3v) is 4.62. The van der Waals surface area contributed by atoms with Crippen molar-refractivity contribution in [2.24, 2.45) is 0 Å². The van der Waals surface area contributed by atoms with Gasteiger partial charge in [-0.15, -0.1) is 0 Å². The molecule has 1 N–H and O–H groups in total. The van der Waals surface area contributed by atoms with E-state index in [0.29, 0.717) is 11.7 Å². The summed E-state index contributed by atoms with van der Waals surface area (Å²) in [5.41, 5.74) is 1.41. The number of ether oxygens (including phenoxy) is 1. The number of methoxy groups -OCH3 is 1. The number of hydrogen-bond acceptors (Lipinski definition) is 4. The van der Waals surface area contributed by atoms with Gasteiger partial charge in [-0.05, 0) is 62.7 Å². The smallest absolute Gasteiger partial charge is 0.274 e. The number of carbonyl (C=O) groups is 1. The number of rotatable bonds is 6. The molecule has 0 atom stereocenters. The largest absolute Gasteiger partial charge is 0.497 e. The molecule has 1 aliphatic rings. The van der Waals surface area contributed by atoms with Crippen LogP contribution in [0.1, 0.15) is 36.7 Å². The predicted molar refractivity (Wildman–Crippen MR) is 97.3 cm³/mol. The number of benzene rings is 1. The second-order valence-electron chi connectivity index (χ2n) is 6.32. The molecule has 0 saturated carbocycles. The molecule has 3 rings (SSSR count). The fraction of sp³-hybridized carbons (Fsp3) is 0.474. The van der Waals surface area contributed by atoms with Crippen LogP contribution in [-0.4, -0.2) is 53.4 Å². The third kappa shape index (κ3) is 4.02. The van der Waals surface area contributed by atoms with Crippen molar-refractivity contribution in [1.82, 2.24) is 20.0 Å². The van der Waals surface area contributed by atoms with Crippen molar-refractivity contribution >= 4 is 5.91 Å². The zero-order chi connectivity index (χ0) is 17.6. The number of nitrogens with one attached hydrogen (secondary N) is 1. The van der Waals surface area contributed by atoms with Crippen LogP contribution in [0.3, 0.4) is 0 Å². The first-order valence-electron chi connectivity index (χ1n) is 8.94. The second-order valence-corrected chi connectivity index (χ2v) is 6.32. The maximum absolute atomic E-state index is 13.0. The van der Waals surface area contributed by atoms with Gasteiger partial charge in [-0.2, -0.15) is 5.10 Å². The Kier molecular flexibility index (Phi) is 5.71. The van der Waals surface area contributed by atoms with E-state index in [4.69, 9.17) is 4.74 Å². The lowest BCUT2D eigenvalue weighted by atomic mass is 10.0. The van der Waals surface area contributed by atoms with E-state index in [-0.39, 0.29) is 5.91 Å². The van der Waals surface area contributed by atoms with Crippen LogP contribution in [0, 0.1) is 0 Å². The van der Waals surface area contributed by atoms with E-state index in [0.717, 1.165) is 50.3 Å². The number of nitrogens with zero attached hydrogens (tertiary/aromatic N) is 3. The summed E-state index contributed by atoms with van der Waals surface area (Å²) < 4.78 is 6.91. The number of piperidine rings is 1. The Balaban J connectivity index is 1.77. The molecule has 0 aliphatic carbocycles. The molecular formula is C19H26N4O2. The maximum atomic E-state index is 13.0. The minimum atomic E-state index is 0.0287. The Hall–Kier alpha value is -2.34. The highest BCUT2D eigenvalue weighted by molar-refractivity contribution is 5.92. The number of amides is 1. The molecule has 1 amide bonds. The van der Waals surface area contributed by atoms with Gasteiger partial charge in [0.25, 0.3) is 5.91 Å². The molecular weight excluding hydrogens is 316 g/mol. The van der Waals surface area contributed by atoms with Gasteiger partial charge in [0, 0.05) is 18.8 Å². The number of aromatic nitrogens is 2. The number of carbonyl (C=O) groups excluding carboxylic acids is 1. The zero-order valence-electron chi connectivity index (χ0n) is 14.9. The summed E-state index contributed by atoms with van der Waals surface area (Å²) in [6.07, 6.45) is 4.80. The molecule has 25 heavy (non-hydrogen) atoms. The molecule has 6 nitrogen and oxygen atoms in total. The Morgan fingerprint density at radius 2 is 2.00 bits per heavy atom. The summed E-state index contributed by atoms with van der Waals surface area (Å²) >= 11 is 0. The molecule has 1 fully saturated rings. The van der Waals surface area contributed by atoms with Gasteiger partial charge in [-0.25, -0.2) is 4.68 Å². The lowest BCUT2D eigenvalue weighted by molar-refractivity contribution is 0.0636. The van der Waals surface area contributed by atoms with E-state index in [1.807, 2.05) is 35.4 Å². The molecule has 1 aromatic heterocycles. The fourth-order valence-electron chi connectivity index (χ4n) is 3.27. The lowest BCUT2D eigenvalue weighted by Crippen LogP contribution is -2.46. The van der Waals surface area contributed by atoms with Gasteiger partial charge in [-0.3, -0.25) is 4.79 Å². The van der Waals surface area contributed by atoms with E-state index >= 15 is 0 Å². The molecule has 1 aromatic carbocycles. The van der Waals surface area contributed by atoms with Crippen molar-refractivity contribution in [3.05, 3.63) is 42.2 Å². The van der Waals surface area contributed by atoms with Gasteiger partial charge in [-0.1, -0.05) is 6.92 Å². The molecule has 1 saturated heterocycles. The van der Waals surface area contributed by atoms with Crippen LogP contribution in [0.2, 0.25) is 0 Å². The highest BCUT2D eigenvalue weighted by Crippen LogP contribution is 2.18. The predicted octanol–water partition coefficient (Wildman–Crippen LogP) is 2.49. The third-order valence-electron chi connectivity index (χ3n) is 4.62. The molecule has 6 heteroatoms. The standard InChI is InChI=1S/C19H26N4O2/c1-3-13-22(15-8-11-20-12-9-15)19(24)18-10-14-23(21-18)16-4-6-17(25-2)7-5-16/h4-7,10,14-15,20H,3,8-9,11-13H2,1-2H3. The lowest BCUT2D eigenvalue weighted by Gasteiger charge is -2.34. The monoisotopic (exact) mass is 342 g/mol. The van der Waals surface area contributed by atoms with Crippen LogP contribution in [0.25, 0.3) is 5.69 Å². The summed E-state index contributed by atoms with van der Waals surface area (Å²) in [4.78, 5) is 15.0. The summed E-state index contributed by atoms with van der Waals surface area (Å²) in [6.45, 7) is 4.83. The topological polar surface area (TPSA) is 59.4 Å². The van der Waals surface area contributed by atoms with Crippen molar-refractivity contribution in [1.29, 1.82) is 0 Å². The van der Waals surface area contributed by atoms with Crippen LogP contribution in [0.4, 0.5) is 0 Å². The molecule has 0 bridgehead atoms. The Bertz CT molecular complexity index is 690. The molecule has 0 spiro atoms. The summed E-state index contributed by atoms with van der Waals surface area (Å²) in [6, 6.07) is 9.73. The van der Waals surface area contributed by atoms with Crippen molar-refractivity contribution in [2.75, 3.05) is 26.7 Å². The quantitative estimate of drug-likeness (QED) is 0.876. The van der Waals surface area contributed by atoms with Gasteiger partial charge in [0.1, 0.15) is 5.75 Å². The average molecular weight is 342 g/mol. The molecule has 134 valence electrons. The van der Waals surface area contributed by atoms with Gasteiger partial charge in [0.05, 0.1) is 12.8 Å². The van der Waals surface area contributed by atoms with Gasteiger partial charge in [0.15, 0.2) is 5.69 Å². The van der Waals surface area contributed by atoms with Crippen molar-refractivity contribution in [2.45, 2.75) is 32.2 Å². The summed E-state index contributed by atoms with van der Waals surface area (Å²) in [7, 11) is 1.64. The first kappa shape index (κ1) is 17.5. The van der Waals surface area contributed by atoms with Gasteiger partial charge < -0.3 is 15.0 Å². The minimum Gasteiger partial charge on any atom is -0.497 e. The normalized spacial score (nSPS) is 15.1. The van der Waals surface area contributed by atoms with Crippen LogP contribution >= 0.6 is 0 Å². The molecule has 0 radical (unpaired) electrons. The van der Waals surface area contributed by atoms with Crippen LogP contribution in [0.15, 0.2) is 36.5 Å². The van der Waals surface area contributed by atoms with Crippen molar-refractivity contribution < 1.29 is 9.53 Å². The van der Waals surface area contributed by atoms with E-state index in [1.54, 1.807) is 17.9 Å². The molecule has 2 heterocycles. The van der Waals surface area contributed by atoms with E-state index in [2.05, 4.69) is 17.3 Å². The first-order valence-corrected chi connectivity index (χ1v) is 8.94. The molecule has 0 unspecified atom stereocenters. The fourth-order valence-corrected chi connectivity index (χ4v) is 3.27. The minimum absolute atomic E-state index is 0.0287.